The first-order valence-electron chi connectivity index (χ1n) is 14.3. The van der Waals surface area contributed by atoms with Crippen LogP contribution in [0.5, 0.6) is 5.75 Å². The minimum atomic E-state index is -3.82. The monoisotopic (exact) mass is 635 g/mol. The molecule has 45 heavy (non-hydrogen) atoms. The van der Waals surface area contributed by atoms with Gasteiger partial charge in [-0.25, -0.2) is 22.6 Å². The molecule has 0 aliphatic carbocycles. The summed E-state index contributed by atoms with van der Waals surface area (Å²) in [6, 6.07) is 13.4. The van der Waals surface area contributed by atoms with Crippen molar-refractivity contribution in [2.24, 2.45) is 0 Å². The van der Waals surface area contributed by atoms with E-state index in [2.05, 4.69) is 15.6 Å². The quantitative estimate of drug-likeness (QED) is 0.179. The second-order valence-corrected chi connectivity index (χ2v) is 13.5. The zero-order valence-electron chi connectivity index (χ0n) is 25.0. The number of methoxy groups -OCH3 is 1. The molecule has 1 aromatic heterocycles. The van der Waals surface area contributed by atoms with Crippen LogP contribution in [0.25, 0.3) is 10.8 Å². The Morgan fingerprint density at radius 2 is 1.84 bits per heavy atom. The lowest BCUT2D eigenvalue weighted by molar-refractivity contribution is -0.133. The molecule has 2 heterocycles. The molecular formula is C32H34FN5O6S. The Bertz CT molecular complexity index is 1880. The van der Waals surface area contributed by atoms with Crippen LogP contribution in [0.2, 0.25) is 0 Å². The molecule has 13 heteroatoms. The molecule has 11 nitrogen and oxygen atoms in total. The van der Waals surface area contributed by atoms with Crippen molar-refractivity contribution in [2.45, 2.75) is 48.9 Å². The highest BCUT2D eigenvalue weighted by atomic mass is 32.2. The number of hydrogen-bond donors (Lipinski definition) is 4. The van der Waals surface area contributed by atoms with E-state index in [1.807, 2.05) is 0 Å². The van der Waals surface area contributed by atoms with E-state index in [9.17, 15) is 23.1 Å². The molecule has 0 unspecified atom stereocenters. The summed E-state index contributed by atoms with van der Waals surface area (Å²) in [5.74, 6) is -0.442. The van der Waals surface area contributed by atoms with Gasteiger partial charge in [0, 0.05) is 35.1 Å². The third-order valence-corrected chi connectivity index (χ3v) is 10.2. The van der Waals surface area contributed by atoms with Crippen molar-refractivity contribution in [2.75, 3.05) is 30.0 Å². The number of halogens is 1. The first-order valence-corrected chi connectivity index (χ1v) is 15.9. The van der Waals surface area contributed by atoms with Gasteiger partial charge in [0.1, 0.15) is 23.4 Å². The van der Waals surface area contributed by atoms with Crippen LogP contribution >= 0.6 is 0 Å². The number of carbonyl (C=O) groups excluding carboxylic acids is 1. The minimum absolute atomic E-state index is 0.0101. The number of rotatable bonds is 9. The van der Waals surface area contributed by atoms with Gasteiger partial charge in [-0.15, -0.1) is 0 Å². The van der Waals surface area contributed by atoms with Crippen molar-refractivity contribution in [3.8, 4) is 5.75 Å². The van der Waals surface area contributed by atoms with E-state index in [1.165, 1.54) is 48.4 Å². The molecular weight excluding hydrogens is 601 g/mol. The Balaban J connectivity index is 1.61. The largest absolute Gasteiger partial charge is 0.497 e. The average molecular weight is 636 g/mol. The number of fused-ring (bicyclic) bond motifs is 1. The van der Waals surface area contributed by atoms with Gasteiger partial charge < -0.3 is 25.8 Å². The maximum absolute atomic E-state index is 15.5. The molecule has 0 spiro atoms. The number of sulfone groups is 1. The fourth-order valence-corrected chi connectivity index (χ4v) is 6.93. The average Bonchev–Trinajstić information content (AvgIpc) is 3.50. The number of likely N-dealkylation sites (tertiary alicyclic amines) is 1. The zero-order chi connectivity index (χ0) is 32.5. The van der Waals surface area contributed by atoms with Gasteiger partial charge in [0.2, 0.25) is 5.91 Å². The second kappa shape index (κ2) is 12.6. The number of nitrogen functional groups attached to an aromatic ring is 1. The van der Waals surface area contributed by atoms with Crippen LogP contribution in [0.15, 0.2) is 71.8 Å². The lowest BCUT2D eigenvalue weighted by Crippen LogP contribution is -2.38. The lowest BCUT2D eigenvalue weighted by atomic mass is 10.00. The highest BCUT2D eigenvalue weighted by molar-refractivity contribution is 7.92. The fourth-order valence-electron chi connectivity index (χ4n) is 5.64. The number of pyridine rings is 1. The van der Waals surface area contributed by atoms with Gasteiger partial charge in [-0.05, 0) is 98.3 Å². The van der Waals surface area contributed by atoms with Gasteiger partial charge in [0.05, 0.1) is 23.3 Å². The number of carbonyl (C=O) groups is 2. The van der Waals surface area contributed by atoms with E-state index in [-0.39, 0.29) is 22.7 Å². The topological polar surface area (TPSA) is 164 Å². The summed E-state index contributed by atoms with van der Waals surface area (Å²) in [4.78, 5) is 31.6. The van der Waals surface area contributed by atoms with Crippen molar-refractivity contribution in [1.82, 2.24) is 9.88 Å². The van der Waals surface area contributed by atoms with Crippen LogP contribution < -0.4 is 21.1 Å². The molecule has 2 amide bonds. The molecule has 0 bridgehead atoms. The molecule has 1 aliphatic rings. The van der Waals surface area contributed by atoms with E-state index in [4.69, 9.17) is 10.5 Å². The molecule has 5 N–H and O–H groups in total. The number of carboxylic acid groups (broad SMARTS) is 1. The first kappa shape index (κ1) is 31.5. The summed E-state index contributed by atoms with van der Waals surface area (Å²) in [7, 11) is -2.38. The zero-order valence-corrected chi connectivity index (χ0v) is 25.8. The van der Waals surface area contributed by atoms with Gasteiger partial charge in [-0.3, -0.25) is 10.1 Å². The van der Waals surface area contributed by atoms with Crippen LogP contribution in [0.4, 0.5) is 26.4 Å². The Kier molecular flexibility index (Phi) is 8.82. The number of nitrogens with two attached hydrogens (primary N) is 1. The minimum Gasteiger partial charge on any atom is -0.497 e. The Labute approximate surface area is 260 Å². The Hall–Kier alpha value is -4.91. The molecule has 1 aliphatic heterocycles. The highest BCUT2D eigenvalue weighted by Gasteiger charge is 2.39. The third kappa shape index (κ3) is 6.34. The molecule has 0 radical (unpaired) electrons. The second-order valence-electron chi connectivity index (χ2n) is 11.1. The van der Waals surface area contributed by atoms with Crippen molar-refractivity contribution in [1.29, 1.82) is 0 Å². The predicted molar refractivity (Wildman–Crippen MR) is 170 cm³/mol. The number of benzene rings is 3. The summed E-state index contributed by atoms with van der Waals surface area (Å²) in [5.41, 5.74) is 7.02. The van der Waals surface area contributed by atoms with E-state index in [0.29, 0.717) is 41.0 Å². The van der Waals surface area contributed by atoms with Crippen molar-refractivity contribution in [3.05, 3.63) is 83.8 Å². The molecule has 236 valence electrons. The number of hydrogen-bond acceptors (Lipinski definition) is 8. The number of anilines is 3. The summed E-state index contributed by atoms with van der Waals surface area (Å²) in [6.45, 7) is 3.38. The first-order chi connectivity index (χ1) is 21.4. The molecule has 4 aromatic rings. The molecule has 1 saturated heterocycles. The number of nitrogens with zero attached hydrogens (tertiary/aromatic N) is 2. The molecule has 0 saturated carbocycles. The Morgan fingerprint density at radius 3 is 2.56 bits per heavy atom. The van der Waals surface area contributed by atoms with E-state index in [0.717, 1.165) is 5.39 Å². The summed E-state index contributed by atoms with van der Waals surface area (Å²) in [6.07, 6.45) is 1.21. The van der Waals surface area contributed by atoms with Gasteiger partial charge in [0.15, 0.2) is 9.84 Å². The molecule has 3 aromatic carbocycles. The normalized spacial score (nSPS) is 15.7. The smallest absolute Gasteiger partial charge is 0.409 e. The summed E-state index contributed by atoms with van der Waals surface area (Å²) in [5, 5.41) is 15.5. The van der Waals surface area contributed by atoms with Gasteiger partial charge in [-0.2, -0.15) is 0 Å². The molecule has 2 atom stereocenters. The van der Waals surface area contributed by atoms with Crippen molar-refractivity contribution < 1.29 is 32.2 Å². The van der Waals surface area contributed by atoms with E-state index in [1.54, 1.807) is 44.3 Å². The van der Waals surface area contributed by atoms with Crippen LogP contribution in [-0.4, -0.2) is 54.3 Å². The number of ether oxygens (including phenoxy) is 1. The Morgan fingerprint density at radius 1 is 1.09 bits per heavy atom. The van der Waals surface area contributed by atoms with Gasteiger partial charge in [-0.1, -0.05) is 0 Å². The summed E-state index contributed by atoms with van der Waals surface area (Å²) < 4.78 is 47.7. The third-order valence-electron chi connectivity index (χ3n) is 7.95. The maximum Gasteiger partial charge on any atom is 0.409 e. The van der Waals surface area contributed by atoms with Crippen molar-refractivity contribution >= 4 is 49.8 Å². The van der Waals surface area contributed by atoms with Crippen LogP contribution in [0, 0.1) is 5.82 Å². The SMILES string of the molecule is COc1ccc(F)c([C@@H](Nc2ccc3c(N)nccc3c2)C(=O)N2CCC[C@@H]2c2cc(NC(=O)O)ccc2S(=O)(=O)C(C)C)c1. The number of aromatic nitrogens is 1. The van der Waals surface area contributed by atoms with E-state index >= 15 is 4.39 Å². The summed E-state index contributed by atoms with van der Waals surface area (Å²) >= 11 is 0. The van der Waals surface area contributed by atoms with E-state index < -0.39 is 45.0 Å². The fraction of sp³-hybridized carbons (Fsp3) is 0.281. The molecule has 1 fully saturated rings. The van der Waals surface area contributed by atoms with Crippen LogP contribution in [-0.2, 0) is 14.6 Å². The van der Waals surface area contributed by atoms with Crippen molar-refractivity contribution in [3.63, 3.8) is 0 Å². The maximum atomic E-state index is 15.5. The van der Waals surface area contributed by atoms with Gasteiger partial charge >= 0.3 is 6.09 Å². The predicted octanol–water partition coefficient (Wildman–Crippen LogP) is 5.75. The standard InChI is InChI=1S/C32H34FN5O6S/c1-18(2)45(42,43)28-11-7-21(37-32(40)41)16-25(28)27-5-4-14-38(27)31(39)29(24-17-22(44-3)8-10-26(24)33)36-20-6-9-23-19(15-20)12-13-35-30(23)34/h6-13,15-18,27,29,36-37H,4-5,14H2,1-3H3,(H2,34,35)(H,40,41)/t27-,29-/m1/s1. The molecule has 5 rings (SSSR count). The van der Waals surface area contributed by atoms with Crippen LogP contribution in [0.3, 0.4) is 0 Å². The number of nitrogens with one attached hydrogen (secondary N) is 2. The van der Waals surface area contributed by atoms with Gasteiger partial charge in [0.25, 0.3) is 0 Å². The van der Waals surface area contributed by atoms with Crippen LogP contribution in [0.1, 0.15) is 49.9 Å². The number of amides is 2. The lowest BCUT2D eigenvalue weighted by Gasteiger charge is -2.32. The highest BCUT2D eigenvalue weighted by Crippen LogP contribution is 2.40.